The minimum Gasteiger partial charge on any atom is -0.353 e. The maximum atomic E-state index is 13.3. The van der Waals surface area contributed by atoms with Gasteiger partial charge in [0.2, 0.25) is 15.9 Å². The molecule has 0 bridgehead atoms. The number of hydrogen-bond donors (Lipinski definition) is 3. The normalized spacial score (nSPS) is 13.0. The molecule has 2 aromatic carbocycles. The van der Waals surface area contributed by atoms with Crippen molar-refractivity contribution in [1.29, 1.82) is 0 Å². The number of carbonyl (C=O) groups excluding carboxylic acids is 2. The van der Waals surface area contributed by atoms with Gasteiger partial charge in [0.15, 0.2) is 5.69 Å². The van der Waals surface area contributed by atoms with Crippen molar-refractivity contribution in [3.63, 3.8) is 0 Å². The van der Waals surface area contributed by atoms with Gasteiger partial charge in [0.05, 0.1) is 17.8 Å². The van der Waals surface area contributed by atoms with Crippen LogP contribution in [0, 0.1) is 11.2 Å². The number of fused-ring (bicyclic) bond motifs is 1. The highest BCUT2D eigenvalue weighted by Gasteiger charge is 2.34. The van der Waals surface area contributed by atoms with Gasteiger partial charge in [-0.25, -0.2) is 17.9 Å². The largest absolute Gasteiger partial charge is 0.353 e. The van der Waals surface area contributed by atoms with E-state index in [4.69, 9.17) is 16.7 Å². The molecule has 0 saturated heterocycles. The average molecular weight is 524 g/mol. The highest BCUT2D eigenvalue weighted by Crippen LogP contribution is 2.25. The standard InChI is InChI=1S/C23H27ClFN5O4S/c1-23(2,3)20(22(32)27-10-11-35(26,33)34)28-21(31)19-17-12-15(24)6-9-18(17)30(29-19)13-14-4-7-16(25)8-5-14/h4-9,12,20H,10-11,13H2,1-3H3,(H,27,32)(H,28,31)(H2,26,33,34)/t20-/m1/s1. The van der Waals surface area contributed by atoms with Crippen molar-refractivity contribution >= 4 is 44.3 Å². The number of rotatable bonds is 8. The summed E-state index contributed by atoms with van der Waals surface area (Å²) in [6.45, 7) is 5.38. The first-order valence-electron chi connectivity index (χ1n) is 10.7. The summed E-state index contributed by atoms with van der Waals surface area (Å²) in [4.78, 5) is 26.1. The Morgan fingerprint density at radius 3 is 2.43 bits per heavy atom. The van der Waals surface area contributed by atoms with E-state index in [0.29, 0.717) is 15.9 Å². The van der Waals surface area contributed by atoms with Crippen molar-refractivity contribution in [2.24, 2.45) is 10.6 Å². The second kappa shape index (κ2) is 10.3. The van der Waals surface area contributed by atoms with Crippen molar-refractivity contribution in [2.75, 3.05) is 12.3 Å². The average Bonchev–Trinajstić information content (AvgIpc) is 3.09. The lowest BCUT2D eigenvalue weighted by molar-refractivity contribution is -0.125. The maximum Gasteiger partial charge on any atom is 0.273 e. The number of carbonyl (C=O) groups is 2. The van der Waals surface area contributed by atoms with Crippen LogP contribution in [0.5, 0.6) is 0 Å². The van der Waals surface area contributed by atoms with Crippen molar-refractivity contribution in [2.45, 2.75) is 33.4 Å². The summed E-state index contributed by atoms with van der Waals surface area (Å²) in [5.74, 6) is -1.94. The Morgan fingerprint density at radius 2 is 1.83 bits per heavy atom. The van der Waals surface area contributed by atoms with Crippen LogP contribution in [0.3, 0.4) is 0 Å². The highest BCUT2D eigenvalue weighted by molar-refractivity contribution is 7.89. The Kier molecular flexibility index (Phi) is 7.83. The smallest absolute Gasteiger partial charge is 0.273 e. The van der Waals surface area contributed by atoms with Gasteiger partial charge in [-0.05, 0) is 41.3 Å². The van der Waals surface area contributed by atoms with Gasteiger partial charge >= 0.3 is 0 Å². The van der Waals surface area contributed by atoms with Crippen molar-refractivity contribution in [3.05, 3.63) is 64.6 Å². The first-order valence-corrected chi connectivity index (χ1v) is 12.8. The summed E-state index contributed by atoms with van der Waals surface area (Å²) in [6, 6.07) is 9.95. The van der Waals surface area contributed by atoms with E-state index < -0.39 is 39.0 Å². The molecule has 1 atom stereocenters. The van der Waals surface area contributed by atoms with Crippen molar-refractivity contribution < 1.29 is 22.4 Å². The number of halogens is 2. The monoisotopic (exact) mass is 523 g/mol. The van der Waals surface area contributed by atoms with Gasteiger partial charge in [-0.2, -0.15) is 5.10 Å². The Morgan fingerprint density at radius 1 is 1.17 bits per heavy atom. The molecule has 0 unspecified atom stereocenters. The third kappa shape index (κ3) is 7.00. The van der Waals surface area contributed by atoms with Crippen LogP contribution in [-0.2, 0) is 21.4 Å². The number of amides is 2. The van der Waals surface area contributed by atoms with Gasteiger partial charge < -0.3 is 10.6 Å². The molecule has 3 rings (SSSR count). The van der Waals surface area contributed by atoms with E-state index in [-0.39, 0.29) is 24.6 Å². The molecule has 188 valence electrons. The summed E-state index contributed by atoms with van der Waals surface area (Å²) < 4.78 is 37.2. The molecular formula is C23H27ClFN5O4S. The molecular weight excluding hydrogens is 497 g/mol. The van der Waals surface area contributed by atoms with Gasteiger partial charge in [-0.3, -0.25) is 14.3 Å². The zero-order valence-electron chi connectivity index (χ0n) is 19.5. The van der Waals surface area contributed by atoms with Gasteiger partial charge in [-0.1, -0.05) is 44.5 Å². The predicted octanol–water partition coefficient (Wildman–Crippen LogP) is 2.43. The number of hydrogen-bond acceptors (Lipinski definition) is 5. The fraction of sp³-hybridized carbons (Fsp3) is 0.348. The van der Waals surface area contributed by atoms with Crippen LogP contribution in [0.4, 0.5) is 4.39 Å². The molecule has 4 N–H and O–H groups in total. The first kappa shape index (κ1) is 26.6. The molecule has 0 aliphatic rings. The third-order valence-electron chi connectivity index (χ3n) is 5.26. The Hall–Kier alpha value is -3.02. The van der Waals surface area contributed by atoms with Gasteiger partial charge in [0, 0.05) is 17.0 Å². The molecule has 2 amide bonds. The van der Waals surface area contributed by atoms with Crippen LogP contribution in [0.25, 0.3) is 10.9 Å². The van der Waals surface area contributed by atoms with Crippen LogP contribution < -0.4 is 15.8 Å². The summed E-state index contributed by atoms with van der Waals surface area (Å²) in [5, 5.41) is 15.6. The number of sulfonamides is 1. The second-order valence-corrected chi connectivity index (χ2v) is 11.4. The van der Waals surface area contributed by atoms with Crippen LogP contribution in [0.2, 0.25) is 5.02 Å². The van der Waals surface area contributed by atoms with E-state index in [1.807, 2.05) is 0 Å². The number of benzene rings is 2. The summed E-state index contributed by atoms with van der Waals surface area (Å²) in [7, 11) is -3.75. The van der Waals surface area contributed by atoms with E-state index in [9.17, 15) is 22.4 Å². The van der Waals surface area contributed by atoms with E-state index in [2.05, 4.69) is 15.7 Å². The predicted molar refractivity (Wildman–Crippen MR) is 132 cm³/mol. The van der Waals surface area contributed by atoms with E-state index in [1.165, 1.54) is 12.1 Å². The molecule has 0 aliphatic carbocycles. The van der Waals surface area contributed by atoms with Crippen molar-refractivity contribution in [1.82, 2.24) is 20.4 Å². The fourth-order valence-electron chi connectivity index (χ4n) is 3.50. The molecule has 1 heterocycles. The zero-order valence-corrected chi connectivity index (χ0v) is 21.1. The van der Waals surface area contributed by atoms with E-state index in [0.717, 1.165) is 5.56 Å². The highest BCUT2D eigenvalue weighted by atomic mass is 35.5. The SMILES string of the molecule is CC(C)(C)[C@H](NC(=O)c1nn(Cc2ccc(F)cc2)c2ccc(Cl)cc12)C(=O)NCCS(N)(=O)=O. The molecule has 3 aromatic rings. The number of primary sulfonamides is 1. The maximum absolute atomic E-state index is 13.3. The minimum atomic E-state index is -3.75. The number of aromatic nitrogens is 2. The Labute approximate surface area is 207 Å². The lowest BCUT2D eigenvalue weighted by atomic mass is 9.86. The number of nitrogens with zero attached hydrogens (tertiary/aromatic N) is 2. The first-order chi connectivity index (χ1) is 16.2. The molecule has 1 aromatic heterocycles. The van der Waals surface area contributed by atoms with E-state index in [1.54, 1.807) is 55.8 Å². The Bertz CT molecular complexity index is 1350. The lowest BCUT2D eigenvalue weighted by Gasteiger charge is -2.30. The summed E-state index contributed by atoms with van der Waals surface area (Å²) in [5.41, 5.74) is 0.773. The van der Waals surface area contributed by atoms with Gasteiger partial charge in [-0.15, -0.1) is 0 Å². The molecule has 0 saturated carbocycles. The lowest BCUT2D eigenvalue weighted by Crippen LogP contribution is -2.54. The third-order valence-corrected chi connectivity index (χ3v) is 6.27. The molecule has 0 fully saturated rings. The zero-order chi connectivity index (χ0) is 26.0. The quantitative estimate of drug-likeness (QED) is 0.416. The summed E-state index contributed by atoms with van der Waals surface area (Å²) in [6.07, 6.45) is 0. The second-order valence-electron chi connectivity index (χ2n) is 9.22. The topological polar surface area (TPSA) is 136 Å². The molecule has 35 heavy (non-hydrogen) atoms. The van der Waals surface area contributed by atoms with Crippen molar-refractivity contribution in [3.8, 4) is 0 Å². The fourth-order valence-corrected chi connectivity index (χ4v) is 4.05. The summed E-state index contributed by atoms with van der Waals surface area (Å²) >= 11 is 6.17. The van der Waals surface area contributed by atoms with Crippen LogP contribution in [-0.4, -0.2) is 48.4 Å². The molecule has 0 radical (unpaired) electrons. The molecule has 0 spiro atoms. The Balaban J connectivity index is 1.90. The van der Waals surface area contributed by atoms with Crippen LogP contribution >= 0.6 is 11.6 Å². The van der Waals surface area contributed by atoms with Crippen LogP contribution in [0.15, 0.2) is 42.5 Å². The number of nitrogens with two attached hydrogens (primary N) is 1. The van der Waals surface area contributed by atoms with E-state index >= 15 is 0 Å². The molecule has 12 heteroatoms. The number of nitrogens with one attached hydrogen (secondary N) is 2. The molecule has 0 aliphatic heterocycles. The van der Waals surface area contributed by atoms with Gasteiger partial charge in [0.1, 0.15) is 11.9 Å². The van der Waals surface area contributed by atoms with Gasteiger partial charge in [0.25, 0.3) is 5.91 Å². The minimum absolute atomic E-state index is 0.0659. The molecule has 9 nitrogen and oxygen atoms in total. The van der Waals surface area contributed by atoms with Crippen LogP contribution in [0.1, 0.15) is 36.8 Å².